The molecule has 0 fully saturated rings. The summed E-state index contributed by atoms with van der Waals surface area (Å²) in [6.45, 7) is 13.0. The molecule has 2 heteroatoms. The predicted octanol–water partition coefficient (Wildman–Crippen LogP) is 3.56. The van der Waals surface area contributed by atoms with Crippen molar-refractivity contribution in [3.63, 3.8) is 0 Å². The number of carbonyl (C=O) groups is 1. The van der Waals surface area contributed by atoms with Crippen molar-refractivity contribution in [3.05, 3.63) is 0 Å². The van der Waals surface area contributed by atoms with Gasteiger partial charge in [0.25, 0.3) is 0 Å². The van der Waals surface area contributed by atoms with Gasteiger partial charge in [0.2, 0.25) is 0 Å². The molecule has 1 atom stereocenters. The number of hydrogen-bond donors (Lipinski definition) is 0. The standard InChI is InChI=1S/C13H25BO/c1-7-13(5,6)9-10(11(14)15)8-12(2,3)4/h10H,7-9H2,1-6H3. The van der Waals surface area contributed by atoms with E-state index in [0.717, 1.165) is 19.3 Å². The topological polar surface area (TPSA) is 17.1 Å². The monoisotopic (exact) mass is 208 g/mol. The number of rotatable bonds is 5. The molecule has 1 nitrogen and oxygen atoms in total. The molecule has 0 heterocycles. The molecule has 0 aliphatic rings. The molecule has 0 saturated heterocycles. The molecule has 0 aromatic rings. The molecule has 0 rings (SSSR count). The summed E-state index contributed by atoms with van der Waals surface area (Å²) in [5.74, 6) is 0.0138. The third-order valence-corrected chi connectivity index (χ3v) is 3.02. The van der Waals surface area contributed by atoms with Crippen LogP contribution in [0, 0.1) is 16.7 Å². The highest BCUT2D eigenvalue weighted by molar-refractivity contribution is 6.58. The molecule has 86 valence electrons. The molecule has 2 radical (unpaired) electrons. The van der Waals surface area contributed by atoms with Crippen molar-refractivity contribution in [3.8, 4) is 0 Å². The van der Waals surface area contributed by atoms with Gasteiger partial charge in [-0.05, 0) is 23.7 Å². The van der Waals surface area contributed by atoms with Crippen molar-refractivity contribution in [1.82, 2.24) is 0 Å². The summed E-state index contributed by atoms with van der Waals surface area (Å²) in [6.07, 6.45) is 2.86. The van der Waals surface area contributed by atoms with Gasteiger partial charge in [-0.15, -0.1) is 0 Å². The van der Waals surface area contributed by atoms with Crippen LogP contribution in [0.25, 0.3) is 0 Å². The van der Waals surface area contributed by atoms with E-state index >= 15 is 0 Å². The van der Waals surface area contributed by atoms with E-state index in [1.165, 1.54) is 0 Å². The fraction of sp³-hybridized carbons (Fsp3) is 0.923. The van der Waals surface area contributed by atoms with Crippen LogP contribution in [0.5, 0.6) is 0 Å². The highest BCUT2D eigenvalue weighted by Gasteiger charge is 2.27. The molecule has 0 saturated carbocycles. The molecule has 0 amide bonds. The SMILES string of the molecule is [B]C(=O)C(CC(C)(C)C)CC(C)(C)CC. The summed E-state index contributed by atoms with van der Waals surface area (Å²) >= 11 is 0. The number of hydrogen-bond acceptors (Lipinski definition) is 1. The van der Waals surface area contributed by atoms with Gasteiger partial charge in [0.1, 0.15) is 0 Å². The molecular weight excluding hydrogens is 183 g/mol. The average Bonchev–Trinajstić information content (AvgIpc) is 2.00. The highest BCUT2D eigenvalue weighted by Crippen LogP contribution is 2.35. The van der Waals surface area contributed by atoms with E-state index in [1.54, 1.807) is 0 Å². The second-order valence-corrected chi connectivity index (χ2v) is 6.59. The quantitative estimate of drug-likeness (QED) is 0.631. The molecule has 0 aromatic heterocycles. The van der Waals surface area contributed by atoms with E-state index in [0.29, 0.717) is 0 Å². The van der Waals surface area contributed by atoms with Gasteiger partial charge < -0.3 is 4.79 Å². The molecule has 0 aliphatic carbocycles. The lowest BCUT2D eigenvalue weighted by Crippen LogP contribution is -2.26. The lowest BCUT2D eigenvalue weighted by Gasteiger charge is -2.31. The minimum absolute atomic E-state index is 0.0138. The Bertz CT molecular complexity index is 213. The van der Waals surface area contributed by atoms with E-state index < -0.39 is 0 Å². The van der Waals surface area contributed by atoms with E-state index in [4.69, 9.17) is 7.85 Å². The first-order valence-electron chi connectivity index (χ1n) is 5.87. The number of carbonyl (C=O) groups excluding carboxylic acids is 1. The summed E-state index contributed by atoms with van der Waals surface area (Å²) in [5.41, 5.74) is 0.237. The fourth-order valence-corrected chi connectivity index (χ4v) is 1.82. The van der Waals surface area contributed by atoms with Gasteiger partial charge in [0.05, 0.1) is 5.68 Å². The third-order valence-electron chi connectivity index (χ3n) is 3.02. The van der Waals surface area contributed by atoms with Gasteiger partial charge in [-0.3, -0.25) is 0 Å². The van der Waals surface area contributed by atoms with Crippen molar-refractivity contribution in [2.24, 2.45) is 16.7 Å². The van der Waals surface area contributed by atoms with Crippen LogP contribution in [0.3, 0.4) is 0 Å². The van der Waals surface area contributed by atoms with Crippen LogP contribution in [0.4, 0.5) is 0 Å². The van der Waals surface area contributed by atoms with Crippen molar-refractivity contribution < 1.29 is 4.79 Å². The van der Waals surface area contributed by atoms with Crippen LogP contribution >= 0.6 is 0 Å². The van der Waals surface area contributed by atoms with Crippen LogP contribution in [-0.2, 0) is 4.79 Å². The largest absolute Gasteiger partial charge is 0.312 e. The smallest absolute Gasteiger partial charge is 0.168 e. The Morgan fingerprint density at radius 2 is 1.60 bits per heavy atom. The Labute approximate surface area is 96.4 Å². The molecule has 0 spiro atoms. The molecule has 0 bridgehead atoms. The summed E-state index contributed by atoms with van der Waals surface area (Å²) in [5, 5.41) is 0. The lowest BCUT2D eigenvalue weighted by molar-refractivity contribution is -0.117. The molecule has 1 unspecified atom stereocenters. The normalized spacial score (nSPS) is 15.1. The zero-order chi connectivity index (χ0) is 12.3. The van der Waals surface area contributed by atoms with Crippen LogP contribution in [-0.4, -0.2) is 13.5 Å². The second-order valence-electron chi connectivity index (χ2n) is 6.59. The van der Waals surface area contributed by atoms with Crippen LogP contribution in [0.15, 0.2) is 0 Å². The minimum atomic E-state index is -0.147. The van der Waals surface area contributed by atoms with Crippen LogP contribution in [0.1, 0.15) is 60.8 Å². The molecule has 0 N–H and O–H groups in total. The zero-order valence-corrected chi connectivity index (χ0v) is 11.2. The summed E-state index contributed by atoms with van der Waals surface area (Å²) in [6, 6.07) is 0. The zero-order valence-electron chi connectivity index (χ0n) is 11.2. The summed E-state index contributed by atoms with van der Waals surface area (Å²) in [7, 11) is 5.47. The Hall–Kier alpha value is -0.265. The fourth-order valence-electron chi connectivity index (χ4n) is 1.82. The Morgan fingerprint density at radius 3 is 1.87 bits per heavy atom. The van der Waals surface area contributed by atoms with Gasteiger partial charge in [0.15, 0.2) is 7.85 Å². The van der Waals surface area contributed by atoms with Crippen molar-refractivity contribution in [2.75, 3.05) is 0 Å². The molecular formula is C13H25BO. The van der Waals surface area contributed by atoms with E-state index in [-0.39, 0.29) is 22.4 Å². The van der Waals surface area contributed by atoms with E-state index in [1.807, 2.05) is 0 Å². The van der Waals surface area contributed by atoms with E-state index in [2.05, 4.69) is 41.5 Å². The van der Waals surface area contributed by atoms with Crippen LogP contribution < -0.4 is 0 Å². The first-order valence-corrected chi connectivity index (χ1v) is 5.87. The highest BCUT2D eigenvalue weighted by atomic mass is 16.1. The van der Waals surface area contributed by atoms with Crippen molar-refractivity contribution in [2.45, 2.75) is 60.8 Å². The summed E-state index contributed by atoms with van der Waals surface area (Å²) in [4.78, 5) is 11.4. The first-order chi connectivity index (χ1) is 6.57. The van der Waals surface area contributed by atoms with Crippen LogP contribution in [0.2, 0.25) is 0 Å². The van der Waals surface area contributed by atoms with Gasteiger partial charge in [-0.25, -0.2) is 0 Å². The summed E-state index contributed by atoms with van der Waals surface area (Å²) < 4.78 is 0. The Morgan fingerprint density at radius 1 is 1.13 bits per heavy atom. The predicted molar refractivity (Wildman–Crippen MR) is 67.0 cm³/mol. The molecule has 0 aromatic carbocycles. The van der Waals surface area contributed by atoms with Gasteiger partial charge in [0, 0.05) is 5.92 Å². The maximum Gasteiger partial charge on any atom is 0.168 e. The second kappa shape index (κ2) is 5.18. The lowest BCUT2D eigenvalue weighted by atomic mass is 9.70. The first kappa shape index (κ1) is 14.7. The van der Waals surface area contributed by atoms with Crippen molar-refractivity contribution >= 4 is 13.5 Å². The maximum atomic E-state index is 11.4. The minimum Gasteiger partial charge on any atom is -0.312 e. The van der Waals surface area contributed by atoms with Crippen molar-refractivity contribution in [1.29, 1.82) is 0 Å². The Balaban J connectivity index is 4.50. The van der Waals surface area contributed by atoms with Gasteiger partial charge >= 0.3 is 0 Å². The van der Waals surface area contributed by atoms with Gasteiger partial charge in [-0.2, -0.15) is 0 Å². The Kier molecular flexibility index (Phi) is 5.09. The average molecular weight is 208 g/mol. The molecule has 0 aliphatic heterocycles. The maximum absolute atomic E-state index is 11.4. The third kappa shape index (κ3) is 6.75. The van der Waals surface area contributed by atoms with E-state index in [9.17, 15) is 4.79 Å². The molecule has 15 heavy (non-hydrogen) atoms. The van der Waals surface area contributed by atoms with Gasteiger partial charge in [-0.1, -0.05) is 48.0 Å².